The number of pyridine rings is 1. The van der Waals surface area contributed by atoms with Gasteiger partial charge in [0.1, 0.15) is 5.82 Å². The molecule has 0 aromatic carbocycles. The minimum Gasteiger partial charge on any atom is -0.333 e. The normalized spacial score (nSPS) is 22.7. The van der Waals surface area contributed by atoms with Gasteiger partial charge in [-0.2, -0.15) is 0 Å². The number of carbonyl (C=O) groups is 2. The molecule has 1 aromatic heterocycles. The summed E-state index contributed by atoms with van der Waals surface area (Å²) in [6, 6.07) is 3.10. The minimum absolute atomic E-state index is 0.129. The first kappa shape index (κ1) is 20.5. The largest absolute Gasteiger partial charge is 0.333 e. The van der Waals surface area contributed by atoms with Crippen LogP contribution in [0.15, 0.2) is 18.3 Å². The molecule has 2 fully saturated rings. The van der Waals surface area contributed by atoms with E-state index in [9.17, 15) is 18.0 Å². The van der Waals surface area contributed by atoms with Crippen LogP contribution >= 0.6 is 0 Å². The Bertz CT molecular complexity index is 827. The molecule has 9 nitrogen and oxygen atoms in total. The highest BCUT2D eigenvalue weighted by atomic mass is 32.2. The van der Waals surface area contributed by atoms with E-state index in [1.807, 2.05) is 7.05 Å². The Morgan fingerprint density at radius 2 is 2.00 bits per heavy atom. The van der Waals surface area contributed by atoms with E-state index in [1.165, 1.54) is 16.6 Å². The number of anilines is 2. The third kappa shape index (κ3) is 4.61. The lowest BCUT2D eigenvalue weighted by molar-refractivity contribution is -0.143. The maximum Gasteiger partial charge on any atom is 0.315 e. The predicted octanol–water partition coefficient (Wildman–Crippen LogP) is 0.360. The summed E-state index contributed by atoms with van der Waals surface area (Å²) in [5, 5.41) is 2.52. The molecule has 0 aliphatic carbocycles. The molecule has 28 heavy (non-hydrogen) atoms. The Morgan fingerprint density at radius 1 is 1.21 bits per heavy atom. The van der Waals surface area contributed by atoms with Gasteiger partial charge in [-0.3, -0.25) is 13.9 Å². The van der Waals surface area contributed by atoms with Gasteiger partial charge < -0.3 is 15.1 Å². The van der Waals surface area contributed by atoms with Gasteiger partial charge in [0.15, 0.2) is 0 Å². The van der Waals surface area contributed by atoms with Gasteiger partial charge in [-0.25, -0.2) is 13.4 Å². The summed E-state index contributed by atoms with van der Waals surface area (Å²) < 4.78 is 25.2. The van der Waals surface area contributed by atoms with Crippen molar-refractivity contribution in [1.29, 1.82) is 0 Å². The topological polar surface area (TPSA) is 103 Å². The van der Waals surface area contributed by atoms with Crippen LogP contribution in [0, 0.1) is 5.92 Å². The van der Waals surface area contributed by atoms with Gasteiger partial charge in [-0.15, -0.1) is 0 Å². The molecule has 2 aliphatic rings. The maximum atomic E-state index is 12.6. The van der Waals surface area contributed by atoms with E-state index in [1.54, 1.807) is 11.0 Å². The highest BCUT2D eigenvalue weighted by molar-refractivity contribution is 7.93. The Hall–Kier alpha value is -2.20. The second kappa shape index (κ2) is 8.44. The zero-order chi connectivity index (χ0) is 20.3. The number of nitrogens with zero attached hydrogens (tertiary/aromatic N) is 4. The molecule has 2 aliphatic heterocycles. The number of hydrogen-bond acceptors (Lipinski definition) is 6. The number of rotatable bonds is 3. The molecular weight excluding hydrogens is 382 g/mol. The van der Waals surface area contributed by atoms with E-state index >= 15 is 0 Å². The minimum atomic E-state index is -3.28. The van der Waals surface area contributed by atoms with Crippen LogP contribution in [-0.2, 0) is 19.6 Å². The Labute approximate surface area is 165 Å². The van der Waals surface area contributed by atoms with Crippen molar-refractivity contribution in [2.24, 2.45) is 5.92 Å². The van der Waals surface area contributed by atoms with Crippen molar-refractivity contribution in [3.05, 3.63) is 18.3 Å². The fourth-order valence-electron chi connectivity index (χ4n) is 3.58. The Morgan fingerprint density at radius 3 is 2.61 bits per heavy atom. The number of amides is 2. The zero-order valence-electron chi connectivity index (χ0n) is 16.3. The molecule has 3 rings (SSSR count). The van der Waals surface area contributed by atoms with Gasteiger partial charge in [-0.05, 0) is 31.5 Å². The molecule has 10 heteroatoms. The molecule has 2 saturated heterocycles. The summed E-state index contributed by atoms with van der Waals surface area (Å²) in [7, 11) is -1.26. The van der Waals surface area contributed by atoms with Gasteiger partial charge in [0.25, 0.3) is 0 Å². The maximum absolute atomic E-state index is 12.6. The van der Waals surface area contributed by atoms with Crippen LogP contribution in [0.1, 0.15) is 19.8 Å². The van der Waals surface area contributed by atoms with E-state index in [0.29, 0.717) is 37.7 Å². The summed E-state index contributed by atoms with van der Waals surface area (Å²) in [4.78, 5) is 32.8. The smallest absolute Gasteiger partial charge is 0.315 e. The predicted molar refractivity (Wildman–Crippen MR) is 106 cm³/mol. The number of carbonyl (C=O) groups excluding carboxylic acids is 2. The molecule has 154 valence electrons. The molecule has 3 heterocycles. The molecule has 0 saturated carbocycles. The summed E-state index contributed by atoms with van der Waals surface area (Å²) >= 11 is 0. The fourth-order valence-corrected chi connectivity index (χ4v) is 5.13. The van der Waals surface area contributed by atoms with Crippen molar-refractivity contribution in [3.63, 3.8) is 0 Å². The van der Waals surface area contributed by atoms with E-state index in [0.717, 1.165) is 19.5 Å². The van der Waals surface area contributed by atoms with Crippen molar-refractivity contribution in [2.45, 2.75) is 19.8 Å². The van der Waals surface area contributed by atoms with Crippen LogP contribution in [0.4, 0.5) is 11.5 Å². The molecule has 0 radical (unpaired) electrons. The average Bonchev–Trinajstić information content (AvgIpc) is 2.91. The van der Waals surface area contributed by atoms with E-state index in [2.05, 4.69) is 22.1 Å². The van der Waals surface area contributed by atoms with Crippen molar-refractivity contribution in [1.82, 2.24) is 14.8 Å². The molecule has 1 aromatic rings. The standard InChI is InChI=1S/C18H27N5O4S/c1-3-14-12-21(2)8-9-22(13-14)18(25)17(24)20-16-6-5-15(11-19-16)23-7-4-10-28(23,26)27/h5-6,11,14H,3-4,7-10,12-13H2,1-2H3,(H,19,20,24). The highest BCUT2D eigenvalue weighted by Crippen LogP contribution is 2.24. The van der Waals surface area contributed by atoms with Crippen LogP contribution in [0.3, 0.4) is 0 Å². The van der Waals surface area contributed by atoms with Crippen LogP contribution in [0.5, 0.6) is 0 Å². The van der Waals surface area contributed by atoms with Crippen molar-refractivity contribution in [3.8, 4) is 0 Å². The lowest BCUT2D eigenvalue weighted by Gasteiger charge is -2.22. The SMILES string of the molecule is CCC1CN(C)CCN(C(=O)C(=O)Nc2ccc(N3CCCS3(=O)=O)cn2)C1. The number of sulfonamides is 1. The quantitative estimate of drug-likeness (QED) is 0.723. The van der Waals surface area contributed by atoms with Gasteiger partial charge in [0, 0.05) is 32.7 Å². The molecule has 1 atom stereocenters. The van der Waals surface area contributed by atoms with Crippen molar-refractivity contribution in [2.75, 3.05) is 55.1 Å². The fraction of sp³-hybridized carbons (Fsp3) is 0.611. The van der Waals surface area contributed by atoms with Gasteiger partial charge in [0.2, 0.25) is 10.0 Å². The molecule has 2 amide bonds. The average molecular weight is 410 g/mol. The number of aromatic nitrogens is 1. The first-order valence-electron chi connectivity index (χ1n) is 9.55. The monoisotopic (exact) mass is 409 g/mol. The number of hydrogen-bond donors (Lipinski definition) is 1. The van der Waals surface area contributed by atoms with Crippen molar-refractivity contribution >= 4 is 33.3 Å². The summed E-state index contributed by atoms with van der Waals surface area (Å²) in [6.07, 6.45) is 2.92. The molecular formula is C18H27N5O4S. The third-order valence-corrected chi connectivity index (χ3v) is 7.11. The van der Waals surface area contributed by atoms with Gasteiger partial charge in [0.05, 0.1) is 17.6 Å². The Balaban J connectivity index is 1.63. The number of nitrogens with one attached hydrogen (secondary N) is 1. The number of likely N-dealkylation sites (N-methyl/N-ethyl adjacent to an activating group) is 1. The van der Waals surface area contributed by atoms with E-state index in [-0.39, 0.29) is 11.6 Å². The first-order valence-corrected chi connectivity index (χ1v) is 11.2. The van der Waals surface area contributed by atoms with Gasteiger partial charge >= 0.3 is 11.8 Å². The highest BCUT2D eigenvalue weighted by Gasteiger charge is 2.29. The van der Waals surface area contributed by atoms with Crippen LogP contribution in [0.25, 0.3) is 0 Å². The second-order valence-corrected chi connectivity index (χ2v) is 9.40. The lowest BCUT2D eigenvalue weighted by atomic mass is 10.1. The van der Waals surface area contributed by atoms with Crippen LogP contribution in [0.2, 0.25) is 0 Å². The van der Waals surface area contributed by atoms with Crippen LogP contribution in [-0.4, -0.2) is 80.5 Å². The summed E-state index contributed by atoms with van der Waals surface area (Å²) in [5.41, 5.74) is 0.461. The lowest BCUT2D eigenvalue weighted by Crippen LogP contribution is -2.42. The molecule has 1 N–H and O–H groups in total. The van der Waals surface area contributed by atoms with Crippen molar-refractivity contribution < 1.29 is 18.0 Å². The molecule has 1 unspecified atom stereocenters. The third-order valence-electron chi connectivity index (χ3n) is 5.24. The molecule has 0 bridgehead atoms. The Kier molecular flexibility index (Phi) is 6.19. The second-order valence-electron chi connectivity index (χ2n) is 7.39. The molecule has 0 spiro atoms. The van der Waals surface area contributed by atoms with Crippen LogP contribution < -0.4 is 9.62 Å². The zero-order valence-corrected chi connectivity index (χ0v) is 17.1. The van der Waals surface area contributed by atoms with E-state index < -0.39 is 21.8 Å². The van der Waals surface area contributed by atoms with E-state index in [4.69, 9.17) is 0 Å². The summed E-state index contributed by atoms with van der Waals surface area (Å²) in [5.74, 6) is -0.610. The summed E-state index contributed by atoms with van der Waals surface area (Å²) in [6.45, 7) is 5.22. The van der Waals surface area contributed by atoms with Gasteiger partial charge in [-0.1, -0.05) is 13.3 Å². The first-order chi connectivity index (χ1) is 13.3.